The minimum Gasteiger partial charge on any atom is -0.437 e. The van der Waals surface area contributed by atoms with Crippen molar-refractivity contribution in [2.24, 2.45) is 0 Å². The highest BCUT2D eigenvalue weighted by atomic mass is 35.5. The van der Waals surface area contributed by atoms with Gasteiger partial charge in [0.05, 0.1) is 10.6 Å². The van der Waals surface area contributed by atoms with E-state index in [1.807, 2.05) is 0 Å². The molecule has 1 atom stereocenters. The highest BCUT2D eigenvalue weighted by Gasteiger charge is 2.30. The fourth-order valence-electron chi connectivity index (χ4n) is 3.50. The van der Waals surface area contributed by atoms with Crippen molar-refractivity contribution in [3.63, 3.8) is 0 Å². The average molecular weight is 548 g/mol. The summed E-state index contributed by atoms with van der Waals surface area (Å²) in [5, 5.41) is 19.1. The summed E-state index contributed by atoms with van der Waals surface area (Å²) in [5.74, 6) is -0.487. The van der Waals surface area contributed by atoms with Crippen LogP contribution in [0.5, 0.6) is 11.6 Å². The van der Waals surface area contributed by atoms with E-state index in [-0.39, 0.29) is 29.3 Å². The van der Waals surface area contributed by atoms with E-state index in [0.717, 1.165) is 25.0 Å². The molecule has 2 N–H and O–H groups in total. The van der Waals surface area contributed by atoms with Crippen LogP contribution in [0, 0.1) is 17.0 Å². The van der Waals surface area contributed by atoms with Gasteiger partial charge in [0.15, 0.2) is 5.69 Å². The number of nitrogens with zero attached hydrogens (tertiary/aromatic N) is 3. The van der Waals surface area contributed by atoms with Crippen LogP contribution in [-0.2, 0) is 10.0 Å². The number of ether oxygens (including phenoxy) is 1. The van der Waals surface area contributed by atoms with Crippen molar-refractivity contribution in [3.05, 3.63) is 68.9 Å². The number of halogens is 1. The number of amides is 1. The molecule has 1 heterocycles. The van der Waals surface area contributed by atoms with Crippen LogP contribution >= 0.6 is 11.6 Å². The third-order valence-corrected chi connectivity index (χ3v) is 7.70. The molecule has 4 rings (SSSR count). The topological polar surface area (TPSA) is 145 Å². The molecule has 0 saturated heterocycles. The molecule has 1 saturated carbocycles. The molecule has 0 spiro atoms. The molecule has 2 aromatic carbocycles. The van der Waals surface area contributed by atoms with E-state index in [2.05, 4.69) is 15.1 Å². The Hall–Kier alpha value is -3.48. The van der Waals surface area contributed by atoms with Crippen LogP contribution in [0.25, 0.3) is 5.69 Å². The van der Waals surface area contributed by atoms with Gasteiger partial charge in [0.1, 0.15) is 10.6 Å². The van der Waals surface area contributed by atoms with E-state index in [0.29, 0.717) is 22.7 Å². The first kappa shape index (κ1) is 26.6. The van der Waals surface area contributed by atoms with Crippen LogP contribution in [0.1, 0.15) is 49.2 Å². The number of non-ortho nitro benzene ring substituents is 1. The molecule has 1 aliphatic carbocycles. The molecule has 196 valence electrons. The molecule has 1 amide bonds. The minimum absolute atomic E-state index is 0.0667. The summed E-state index contributed by atoms with van der Waals surface area (Å²) in [4.78, 5) is 23.2. The normalized spacial score (nSPS) is 14.3. The molecule has 0 aliphatic heterocycles. The van der Waals surface area contributed by atoms with Gasteiger partial charge in [0, 0.05) is 34.8 Å². The van der Waals surface area contributed by atoms with Crippen molar-refractivity contribution < 1.29 is 22.9 Å². The minimum atomic E-state index is -4.20. The third-order valence-electron chi connectivity index (χ3n) is 5.85. The van der Waals surface area contributed by atoms with Crippen LogP contribution in [0.2, 0.25) is 5.02 Å². The number of hydrogen-bond donors (Lipinski definition) is 2. The number of carbonyl (C=O) groups is 1. The monoisotopic (exact) mass is 547 g/mol. The number of nitrogens with one attached hydrogen (secondary N) is 2. The van der Waals surface area contributed by atoms with Crippen molar-refractivity contribution in [2.45, 2.75) is 57.0 Å². The maximum absolute atomic E-state index is 13.2. The zero-order chi connectivity index (χ0) is 26.9. The zero-order valence-electron chi connectivity index (χ0n) is 20.4. The average Bonchev–Trinajstić information content (AvgIpc) is 3.60. The van der Waals surface area contributed by atoms with E-state index >= 15 is 0 Å². The Morgan fingerprint density at radius 3 is 2.65 bits per heavy atom. The fourth-order valence-corrected chi connectivity index (χ4v) is 5.16. The fraction of sp³-hybridized carbons (Fsp3) is 0.333. The number of carbonyl (C=O) groups excluding carboxylic acids is 1. The van der Waals surface area contributed by atoms with Crippen molar-refractivity contribution in [1.29, 1.82) is 0 Å². The van der Waals surface area contributed by atoms with Gasteiger partial charge in [-0.05, 0) is 57.4 Å². The van der Waals surface area contributed by atoms with Gasteiger partial charge >= 0.3 is 0 Å². The predicted octanol–water partition coefficient (Wildman–Crippen LogP) is 4.50. The Balaban J connectivity index is 1.85. The lowest BCUT2D eigenvalue weighted by Gasteiger charge is -2.16. The number of rotatable bonds is 10. The molecule has 1 aromatic heterocycles. The Kier molecular flexibility index (Phi) is 7.53. The zero-order valence-corrected chi connectivity index (χ0v) is 22.0. The Morgan fingerprint density at radius 1 is 1.30 bits per heavy atom. The summed E-state index contributed by atoms with van der Waals surface area (Å²) in [6.45, 7) is 5.11. The second-order valence-electron chi connectivity index (χ2n) is 8.84. The van der Waals surface area contributed by atoms with E-state index in [4.69, 9.17) is 16.3 Å². The van der Waals surface area contributed by atoms with Crippen molar-refractivity contribution in [2.75, 3.05) is 0 Å². The molecule has 13 heteroatoms. The largest absolute Gasteiger partial charge is 0.437 e. The lowest BCUT2D eigenvalue weighted by molar-refractivity contribution is -0.385. The first-order chi connectivity index (χ1) is 17.5. The molecule has 11 nitrogen and oxygen atoms in total. The first-order valence-corrected chi connectivity index (χ1v) is 13.5. The summed E-state index contributed by atoms with van der Waals surface area (Å²) in [5.41, 5.74) is 0.516. The molecule has 1 aliphatic rings. The van der Waals surface area contributed by atoms with Gasteiger partial charge in [-0.2, -0.15) is 9.78 Å². The smallest absolute Gasteiger partial charge is 0.272 e. The number of hydrogen-bond acceptors (Lipinski definition) is 7. The molecule has 1 fully saturated rings. The summed E-state index contributed by atoms with van der Waals surface area (Å²) in [6, 6.07) is 9.64. The highest BCUT2D eigenvalue weighted by molar-refractivity contribution is 7.89. The van der Waals surface area contributed by atoms with Crippen molar-refractivity contribution >= 4 is 33.2 Å². The summed E-state index contributed by atoms with van der Waals surface area (Å²) >= 11 is 6.18. The Morgan fingerprint density at radius 2 is 2.03 bits per heavy atom. The summed E-state index contributed by atoms with van der Waals surface area (Å²) in [6.07, 6.45) is 2.27. The molecule has 0 radical (unpaired) electrons. The van der Waals surface area contributed by atoms with Crippen LogP contribution in [0.3, 0.4) is 0 Å². The van der Waals surface area contributed by atoms with Gasteiger partial charge in [0.25, 0.3) is 11.6 Å². The van der Waals surface area contributed by atoms with Crippen LogP contribution in [0.15, 0.2) is 47.4 Å². The van der Waals surface area contributed by atoms with Gasteiger partial charge in [-0.15, -0.1) is 0 Å². The number of aromatic nitrogens is 2. The Bertz CT molecular complexity index is 1470. The first-order valence-electron chi connectivity index (χ1n) is 11.6. The van der Waals surface area contributed by atoms with E-state index in [1.165, 1.54) is 10.7 Å². The molecule has 0 bridgehead atoms. The number of nitro groups is 1. The second kappa shape index (κ2) is 10.5. The lowest BCUT2D eigenvalue weighted by Crippen LogP contribution is -2.32. The Labute approximate surface area is 219 Å². The quantitative estimate of drug-likeness (QED) is 0.280. The molecule has 37 heavy (non-hydrogen) atoms. The molecular weight excluding hydrogens is 522 g/mol. The highest BCUT2D eigenvalue weighted by Crippen LogP contribution is 2.36. The third kappa shape index (κ3) is 5.92. The van der Waals surface area contributed by atoms with Crippen LogP contribution in [-0.4, -0.2) is 41.1 Å². The lowest BCUT2D eigenvalue weighted by atomic mass is 10.2. The summed E-state index contributed by atoms with van der Waals surface area (Å²) in [7, 11) is -4.20. The van der Waals surface area contributed by atoms with Gasteiger partial charge in [0.2, 0.25) is 15.9 Å². The predicted molar refractivity (Wildman–Crippen MR) is 137 cm³/mol. The molecule has 3 aromatic rings. The number of sulfonamides is 1. The van der Waals surface area contributed by atoms with Crippen molar-refractivity contribution in [3.8, 4) is 17.3 Å². The standard InChI is InChI=1S/C24H26ClN5O6S/c1-4-14(2)28-37(34,35)21-13-19(30(32)33)10-11-20(21)36-24-15(3)22(23(31)26-17-8-9-17)27-29(24)18-7-5-6-16(25)12-18/h5-7,10-14,17,28H,4,8-9H2,1-3H3,(H,26,31)/t14-/m1/s1. The van der Waals surface area contributed by atoms with E-state index < -0.39 is 31.6 Å². The maximum Gasteiger partial charge on any atom is 0.272 e. The van der Waals surface area contributed by atoms with E-state index in [1.54, 1.807) is 45.0 Å². The maximum atomic E-state index is 13.2. The SMILES string of the molecule is CC[C@@H](C)NS(=O)(=O)c1cc([N+](=O)[O-])ccc1Oc1c(C)c(C(=O)NC2CC2)nn1-c1cccc(Cl)c1. The van der Waals surface area contributed by atoms with Crippen LogP contribution in [0.4, 0.5) is 5.69 Å². The second-order valence-corrected chi connectivity index (χ2v) is 11.0. The molecular formula is C24H26ClN5O6S. The number of benzene rings is 2. The van der Waals surface area contributed by atoms with Gasteiger partial charge in [-0.1, -0.05) is 24.6 Å². The molecule has 0 unspecified atom stereocenters. The van der Waals surface area contributed by atoms with Crippen molar-refractivity contribution in [1.82, 2.24) is 19.8 Å². The van der Waals surface area contributed by atoms with E-state index in [9.17, 15) is 23.3 Å². The van der Waals surface area contributed by atoms with Gasteiger partial charge < -0.3 is 10.1 Å². The summed E-state index contributed by atoms with van der Waals surface area (Å²) < 4.78 is 36.3. The van der Waals surface area contributed by atoms with Crippen LogP contribution < -0.4 is 14.8 Å². The van der Waals surface area contributed by atoms with Gasteiger partial charge in [-0.25, -0.2) is 13.1 Å². The van der Waals surface area contributed by atoms with Gasteiger partial charge in [-0.3, -0.25) is 14.9 Å². The number of nitro benzene ring substituents is 1.